The number of nitrogens with zero attached hydrogens (tertiary/aromatic N) is 3. The molecule has 2 fully saturated rings. The maximum Gasteiger partial charge on any atom is 0.331 e. The first-order chi connectivity index (χ1) is 12.6. The van der Waals surface area contributed by atoms with Gasteiger partial charge in [0.25, 0.3) is 5.91 Å². The molecule has 0 radical (unpaired) electrons. The molecule has 0 aromatic heterocycles. The van der Waals surface area contributed by atoms with E-state index in [1.54, 1.807) is 11.9 Å². The molecule has 134 valence electrons. The molecule has 2 aliphatic heterocycles. The van der Waals surface area contributed by atoms with Gasteiger partial charge in [-0.1, -0.05) is 42.5 Å². The minimum atomic E-state index is -0.394. The van der Waals surface area contributed by atoms with Crippen LogP contribution in [-0.2, 0) is 4.79 Å². The first-order valence-electron chi connectivity index (χ1n) is 9.14. The zero-order chi connectivity index (χ0) is 18.1. The smallest absolute Gasteiger partial charge is 0.314 e. The third-order valence-electron chi connectivity index (χ3n) is 5.33. The van der Waals surface area contributed by atoms with Gasteiger partial charge in [0.05, 0.1) is 5.69 Å². The van der Waals surface area contributed by atoms with Crippen LogP contribution in [-0.4, -0.2) is 54.5 Å². The summed E-state index contributed by atoms with van der Waals surface area (Å²) < 4.78 is 0. The third kappa shape index (κ3) is 2.99. The number of hydrogen-bond donors (Lipinski definition) is 0. The molecule has 0 saturated carbocycles. The first-order valence-corrected chi connectivity index (χ1v) is 9.14. The molecule has 0 bridgehead atoms. The Morgan fingerprint density at radius 3 is 2.15 bits per heavy atom. The number of carbonyl (C=O) groups is 2. The molecule has 0 spiro atoms. The fraction of sp³-hybridized carbons (Fsp3) is 0.333. The Morgan fingerprint density at radius 2 is 1.50 bits per heavy atom. The Kier molecular flexibility index (Phi) is 4.47. The van der Waals surface area contributed by atoms with E-state index in [4.69, 9.17) is 0 Å². The summed E-state index contributed by atoms with van der Waals surface area (Å²) >= 11 is 0. The molecular formula is C21H23N3O2. The van der Waals surface area contributed by atoms with E-state index in [1.165, 1.54) is 17.7 Å². The van der Waals surface area contributed by atoms with Crippen molar-refractivity contribution >= 4 is 17.6 Å². The molecule has 4 rings (SSSR count). The molecule has 3 amide bonds. The van der Waals surface area contributed by atoms with Crippen LogP contribution in [0.25, 0.3) is 11.1 Å². The lowest BCUT2D eigenvalue weighted by Gasteiger charge is -2.22. The van der Waals surface area contributed by atoms with E-state index in [-0.39, 0.29) is 11.9 Å². The summed E-state index contributed by atoms with van der Waals surface area (Å²) in [6.45, 7) is 2.65. The van der Waals surface area contributed by atoms with E-state index in [9.17, 15) is 9.59 Å². The predicted molar refractivity (Wildman–Crippen MR) is 102 cm³/mol. The number of anilines is 1. The molecule has 0 aliphatic carbocycles. The fourth-order valence-corrected chi connectivity index (χ4v) is 3.78. The Morgan fingerprint density at radius 1 is 0.885 bits per heavy atom. The predicted octanol–water partition coefficient (Wildman–Crippen LogP) is 3.22. The van der Waals surface area contributed by atoms with E-state index in [0.29, 0.717) is 12.2 Å². The molecule has 1 unspecified atom stereocenters. The molecule has 2 aromatic rings. The van der Waals surface area contributed by atoms with Gasteiger partial charge < -0.3 is 9.80 Å². The standard InChI is InChI=1S/C21H23N3O2/c1-22-19(15-23-13-5-6-14-23)20(25)24(21(22)26)18-11-9-17(10-12-18)16-7-3-2-4-8-16/h2-4,7-12,19H,5-6,13-15H2,1H3. The van der Waals surface area contributed by atoms with Crippen LogP contribution in [0.3, 0.4) is 0 Å². The Labute approximate surface area is 153 Å². The van der Waals surface area contributed by atoms with Gasteiger partial charge in [0, 0.05) is 13.6 Å². The Hall–Kier alpha value is -2.66. The van der Waals surface area contributed by atoms with Gasteiger partial charge in [0.2, 0.25) is 0 Å². The van der Waals surface area contributed by atoms with Crippen molar-refractivity contribution in [2.75, 3.05) is 31.6 Å². The molecule has 2 aliphatic rings. The number of amides is 3. The number of urea groups is 1. The van der Waals surface area contributed by atoms with Crippen LogP contribution < -0.4 is 4.90 Å². The van der Waals surface area contributed by atoms with Gasteiger partial charge in [-0.05, 0) is 49.2 Å². The summed E-state index contributed by atoms with van der Waals surface area (Å²) in [5, 5.41) is 0. The van der Waals surface area contributed by atoms with Crippen LogP contribution in [0.2, 0.25) is 0 Å². The van der Waals surface area contributed by atoms with Gasteiger partial charge in [0.1, 0.15) is 6.04 Å². The molecule has 0 N–H and O–H groups in total. The van der Waals surface area contributed by atoms with Gasteiger partial charge in [0.15, 0.2) is 0 Å². The van der Waals surface area contributed by atoms with Crippen LogP contribution in [0.4, 0.5) is 10.5 Å². The molecule has 5 nitrogen and oxygen atoms in total. The second kappa shape index (κ2) is 6.92. The molecule has 1 atom stereocenters. The largest absolute Gasteiger partial charge is 0.331 e. The van der Waals surface area contributed by atoms with E-state index in [2.05, 4.69) is 4.90 Å². The van der Waals surface area contributed by atoms with Crippen molar-refractivity contribution in [1.82, 2.24) is 9.80 Å². The highest BCUT2D eigenvalue weighted by Crippen LogP contribution is 2.28. The number of carbonyl (C=O) groups excluding carboxylic acids is 2. The summed E-state index contributed by atoms with van der Waals surface area (Å²) in [6, 6.07) is 17.0. The number of imide groups is 1. The topological polar surface area (TPSA) is 43.9 Å². The average molecular weight is 349 g/mol. The zero-order valence-corrected chi connectivity index (χ0v) is 15.0. The van der Waals surface area contributed by atoms with E-state index < -0.39 is 6.04 Å². The maximum absolute atomic E-state index is 12.9. The summed E-state index contributed by atoms with van der Waals surface area (Å²) in [5.74, 6) is -0.128. The van der Waals surface area contributed by atoms with E-state index in [1.807, 2.05) is 54.6 Å². The average Bonchev–Trinajstić information content (AvgIpc) is 3.26. The fourth-order valence-electron chi connectivity index (χ4n) is 3.78. The number of hydrogen-bond acceptors (Lipinski definition) is 3. The van der Waals surface area contributed by atoms with Crippen molar-refractivity contribution in [1.29, 1.82) is 0 Å². The van der Waals surface area contributed by atoms with E-state index >= 15 is 0 Å². The minimum absolute atomic E-state index is 0.128. The van der Waals surface area contributed by atoms with Gasteiger partial charge in [-0.2, -0.15) is 0 Å². The van der Waals surface area contributed by atoms with Crippen LogP contribution in [0.15, 0.2) is 54.6 Å². The number of likely N-dealkylation sites (tertiary alicyclic amines) is 1. The van der Waals surface area contributed by atoms with Gasteiger partial charge in [-0.3, -0.25) is 4.79 Å². The van der Waals surface area contributed by atoms with Crippen molar-refractivity contribution < 1.29 is 9.59 Å². The zero-order valence-electron chi connectivity index (χ0n) is 15.0. The summed E-state index contributed by atoms with van der Waals surface area (Å²) in [5.41, 5.74) is 2.81. The highest BCUT2D eigenvalue weighted by molar-refractivity contribution is 6.21. The van der Waals surface area contributed by atoms with Crippen molar-refractivity contribution in [3.05, 3.63) is 54.6 Å². The van der Waals surface area contributed by atoms with Gasteiger partial charge in [-0.15, -0.1) is 0 Å². The summed E-state index contributed by atoms with van der Waals surface area (Å²) in [7, 11) is 1.72. The van der Waals surface area contributed by atoms with Crippen LogP contribution in [0, 0.1) is 0 Å². The third-order valence-corrected chi connectivity index (χ3v) is 5.33. The Balaban J connectivity index is 1.55. The number of likely N-dealkylation sites (N-methyl/N-ethyl adjacent to an activating group) is 1. The first kappa shape index (κ1) is 16.8. The van der Waals surface area contributed by atoms with Crippen LogP contribution in [0.1, 0.15) is 12.8 Å². The van der Waals surface area contributed by atoms with Crippen molar-refractivity contribution in [3.8, 4) is 11.1 Å². The summed E-state index contributed by atoms with van der Waals surface area (Å²) in [4.78, 5) is 30.7. The lowest BCUT2D eigenvalue weighted by atomic mass is 10.1. The van der Waals surface area contributed by atoms with E-state index in [0.717, 1.165) is 24.2 Å². The lowest BCUT2D eigenvalue weighted by molar-refractivity contribution is -0.120. The molecule has 2 saturated heterocycles. The SMILES string of the molecule is CN1C(=O)N(c2ccc(-c3ccccc3)cc2)C(=O)C1CN1CCCC1. The summed E-state index contributed by atoms with van der Waals surface area (Å²) in [6.07, 6.45) is 2.34. The number of benzene rings is 2. The maximum atomic E-state index is 12.9. The van der Waals surface area contributed by atoms with Crippen molar-refractivity contribution in [2.24, 2.45) is 0 Å². The minimum Gasteiger partial charge on any atom is -0.314 e. The number of rotatable bonds is 4. The molecule has 2 heterocycles. The van der Waals surface area contributed by atoms with Crippen LogP contribution in [0.5, 0.6) is 0 Å². The normalized spacial score (nSPS) is 21.0. The second-order valence-electron chi connectivity index (χ2n) is 7.00. The van der Waals surface area contributed by atoms with Gasteiger partial charge in [-0.25, -0.2) is 9.69 Å². The highest BCUT2D eigenvalue weighted by atomic mass is 16.2. The van der Waals surface area contributed by atoms with Crippen molar-refractivity contribution in [3.63, 3.8) is 0 Å². The molecule has 2 aromatic carbocycles. The Bertz CT molecular complexity index is 798. The molecular weight excluding hydrogens is 326 g/mol. The lowest BCUT2D eigenvalue weighted by Crippen LogP contribution is -2.41. The monoisotopic (exact) mass is 349 g/mol. The van der Waals surface area contributed by atoms with Crippen molar-refractivity contribution in [2.45, 2.75) is 18.9 Å². The molecule has 26 heavy (non-hydrogen) atoms. The van der Waals surface area contributed by atoms with Gasteiger partial charge >= 0.3 is 6.03 Å². The van der Waals surface area contributed by atoms with Crippen LogP contribution >= 0.6 is 0 Å². The highest BCUT2D eigenvalue weighted by Gasteiger charge is 2.44. The quantitative estimate of drug-likeness (QED) is 0.796. The second-order valence-corrected chi connectivity index (χ2v) is 7.00. The molecule has 5 heteroatoms.